The van der Waals surface area contributed by atoms with Crippen LogP contribution in [0.15, 0.2) is 91.0 Å². The van der Waals surface area contributed by atoms with Crippen LogP contribution in [0.4, 0.5) is 0 Å². The summed E-state index contributed by atoms with van der Waals surface area (Å²) < 4.78 is 12.8. The van der Waals surface area contributed by atoms with Gasteiger partial charge < -0.3 is 19.8 Å². The molecular formula is C33H25N5O3. The number of methoxy groups -OCH3 is 2. The van der Waals surface area contributed by atoms with Crippen LogP contribution in [0.2, 0.25) is 0 Å². The van der Waals surface area contributed by atoms with E-state index in [9.17, 15) is 15.3 Å². The Hall–Kier alpha value is -5.86. The number of amides is 1. The van der Waals surface area contributed by atoms with Crippen molar-refractivity contribution < 1.29 is 14.3 Å². The highest BCUT2D eigenvalue weighted by Gasteiger charge is 2.22. The second-order valence-electron chi connectivity index (χ2n) is 9.26. The van der Waals surface area contributed by atoms with Gasteiger partial charge in [-0.1, -0.05) is 12.1 Å². The van der Waals surface area contributed by atoms with Gasteiger partial charge in [-0.25, -0.2) is 4.98 Å². The number of aromatic nitrogens is 2. The van der Waals surface area contributed by atoms with Crippen molar-refractivity contribution in [1.29, 1.82) is 10.5 Å². The fourth-order valence-corrected chi connectivity index (χ4v) is 4.66. The van der Waals surface area contributed by atoms with Crippen molar-refractivity contribution in [3.05, 3.63) is 113 Å². The Balaban J connectivity index is 1.80. The van der Waals surface area contributed by atoms with Gasteiger partial charge >= 0.3 is 0 Å². The highest BCUT2D eigenvalue weighted by atomic mass is 16.5. The maximum atomic E-state index is 11.7. The highest BCUT2D eigenvalue weighted by Crippen LogP contribution is 2.38. The van der Waals surface area contributed by atoms with Crippen molar-refractivity contribution >= 4 is 5.91 Å². The number of nitriles is 2. The summed E-state index contributed by atoms with van der Waals surface area (Å²) in [5, 5.41) is 19.3. The van der Waals surface area contributed by atoms with Crippen LogP contribution in [0.3, 0.4) is 0 Å². The molecule has 1 amide bonds. The summed E-state index contributed by atoms with van der Waals surface area (Å²) in [6.07, 6.45) is 0. The van der Waals surface area contributed by atoms with Gasteiger partial charge in [-0.3, -0.25) is 4.79 Å². The zero-order chi connectivity index (χ0) is 28.9. The molecule has 0 saturated carbocycles. The Labute approximate surface area is 237 Å². The molecule has 0 fully saturated rings. The first-order chi connectivity index (χ1) is 19.9. The molecule has 0 radical (unpaired) electrons. The van der Waals surface area contributed by atoms with Gasteiger partial charge in [0.1, 0.15) is 17.3 Å². The summed E-state index contributed by atoms with van der Waals surface area (Å²) in [5.41, 5.74) is 11.4. The van der Waals surface area contributed by atoms with Crippen LogP contribution < -0.4 is 15.2 Å². The molecule has 5 rings (SSSR count). The van der Waals surface area contributed by atoms with Crippen molar-refractivity contribution in [3.8, 4) is 57.5 Å². The van der Waals surface area contributed by atoms with E-state index in [0.29, 0.717) is 51.8 Å². The minimum absolute atomic E-state index is 0.358. The standard InChI is InChI=1S/C33H25N5O3/c1-40-28-11-7-24(8-12-28)30-31(25-9-13-29(41-2)14-10-25)38(20-21-3-5-26(6-4-21)32(36)39)33(37-30)27-16-22(18-34)15-23(17-27)19-35/h3-17H,20H2,1-2H3,(H2,36,39). The Morgan fingerprint density at radius 1 is 0.780 bits per heavy atom. The predicted octanol–water partition coefficient (Wildman–Crippen LogP) is 5.79. The Bertz CT molecular complexity index is 1780. The lowest BCUT2D eigenvalue weighted by Gasteiger charge is -2.15. The maximum Gasteiger partial charge on any atom is 0.248 e. The maximum absolute atomic E-state index is 11.7. The molecule has 200 valence electrons. The molecule has 4 aromatic carbocycles. The van der Waals surface area contributed by atoms with Crippen molar-refractivity contribution in [2.24, 2.45) is 5.73 Å². The number of primary amides is 1. The molecule has 1 aromatic heterocycles. The average Bonchev–Trinajstić information content (AvgIpc) is 3.39. The first kappa shape index (κ1) is 26.7. The molecule has 0 aliphatic heterocycles. The second-order valence-corrected chi connectivity index (χ2v) is 9.26. The smallest absolute Gasteiger partial charge is 0.248 e. The van der Waals surface area contributed by atoms with Gasteiger partial charge in [-0.2, -0.15) is 10.5 Å². The molecule has 8 nitrogen and oxygen atoms in total. The molecule has 0 atom stereocenters. The third-order valence-corrected chi connectivity index (χ3v) is 6.72. The lowest BCUT2D eigenvalue weighted by Crippen LogP contribution is -2.11. The molecule has 8 heteroatoms. The number of nitrogens with two attached hydrogens (primary N) is 1. The largest absolute Gasteiger partial charge is 0.497 e. The Morgan fingerprint density at radius 2 is 1.32 bits per heavy atom. The number of carbonyl (C=O) groups excluding carboxylic acids is 1. The van der Waals surface area contributed by atoms with E-state index in [1.54, 1.807) is 44.6 Å². The monoisotopic (exact) mass is 539 g/mol. The van der Waals surface area contributed by atoms with E-state index >= 15 is 0 Å². The van der Waals surface area contributed by atoms with Crippen LogP contribution in [-0.4, -0.2) is 29.7 Å². The molecule has 5 aromatic rings. The predicted molar refractivity (Wildman–Crippen MR) is 155 cm³/mol. The van der Waals surface area contributed by atoms with Gasteiger partial charge in [0.05, 0.1) is 48.9 Å². The minimum Gasteiger partial charge on any atom is -0.497 e. The van der Waals surface area contributed by atoms with Crippen molar-refractivity contribution in [2.75, 3.05) is 14.2 Å². The van der Waals surface area contributed by atoms with Crippen molar-refractivity contribution in [2.45, 2.75) is 6.54 Å². The van der Waals surface area contributed by atoms with Crippen LogP contribution in [0.5, 0.6) is 11.5 Å². The van der Waals surface area contributed by atoms with E-state index in [0.717, 1.165) is 22.4 Å². The molecule has 0 saturated heterocycles. The van der Waals surface area contributed by atoms with Crippen molar-refractivity contribution in [1.82, 2.24) is 9.55 Å². The Kier molecular flexibility index (Phi) is 7.49. The van der Waals surface area contributed by atoms with E-state index < -0.39 is 5.91 Å². The van der Waals surface area contributed by atoms with Gasteiger partial charge in [-0.05, 0) is 84.4 Å². The minimum atomic E-state index is -0.502. The molecule has 0 aliphatic rings. The van der Waals surface area contributed by atoms with Gasteiger partial charge in [0.25, 0.3) is 0 Å². The quantitative estimate of drug-likeness (QED) is 0.266. The molecule has 41 heavy (non-hydrogen) atoms. The number of nitrogens with zero attached hydrogens (tertiary/aromatic N) is 4. The molecule has 0 aliphatic carbocycles. The van der Waals surface area contributed by atoms with E-state index in [4.69, 9.17) is 20.2 Å². The summed E-state index contributed by atoms with van der Waals surface area (Å²) in [7, 11) is 3.23. The van der Waals surface area contributed by atoms with Gasteiger partial charge in [-0.15, -0.1) is 0 Å². The third-order valence-electron chi connectivity index (χ3n) is 6.72. The summed E-state index contributed by atoms with van der Waals surface area (Å²) in [6, 6.07) is 31.7. The van der Waals surface area contributed by atoms with Gasteiger partial charge in [0.2, 0.25) is 5.91 Å². The van der Waals surface area contributed by atoms with Crippen LogP contribution in [0, 0.1) is 22.7 Å². The summed E-state index contributed by atoms with van der Waals surface area (Å²) >= 11 is 0. The van der Waals surface area contributed by atoms with E-state index in [-0.39, 0.29) is 0 Å². The fraction of sp³-hybridized carbons (Fsp3) is 0.0909. The number of hydrogen-bond acceptors (Lipinski definition) is 6. The van der Waals surface area contributed by atoms with Crippen LogP contribution in [-0.2, 0) is 6.54 Å². The molecular weight excluding hydrogens is 514 g/mol. The number of carbonyl (C=O) groups is 1. The molecule has 1 heterocycles. The molecule has 0 bridgehead atoms. The lowest BCUT2D eigenvalue weighted by atomic mass is 10.0. The topological polar surface area (TPSA) is 127 Å². The number of imidazole rings is 1. The SMILES string of the molecule is COc1ccc(-c2nc(-c3cc(C#N)cc(C#N)c3)n(Cc3ccc(C(N)=O)cc3)c2-c2ccc(OC)cc2)cc1. The van der Waals surface area contributed by atoms with Crippen LogP contribution in [0.25, 0.3) is 33.9 Å². The average molecular weight is 540 g/mol. The van der Waals surface area contributed by atoms with Gasteiger partial charge in [0.15, 0.2) is 0 Å². The molecule has 0 unspecified atom stereocenters. The Morgan fingerprint density at radius 3 is 1.80 bits per heavy atom. The van der Waals surface area contributed by atoms with E-state index in [1.165, 1.54) is 0 Å². The summed E-state index contributed by atoms with van der Waals surface area (Å²) in [5.74, 6) is 1.51. The normalized spacial score (nSPS) is 10.4. The number of hydrogen-bond donors (Lipinski definition) is 1. The van der Waals surface area contributed by atoms with E-state index in [1.807, 2.05) is 60.7 Å². The summed E-state index contributed by atoms with van der Waals surface area (Å²) in [4.78, 5) is 16.8. The number of rotatable bonds is 8. The fourth-order valence-electron chi connectivity index (χ4n) is 4.66. The van der Waals surface area contributed by atoms with Crippen LogP contribution >= 0.6 is 0 Å². The first-order valence-corrected chi connectivity index (χ1v) is 12.7. The van der Waals surface area contributed by atoms with Gasteiger partial charge in [0, 0.05) is 28.8 Å². The third kappa shape index (κ3) is 5.49. The molecule has 0 spiro atoms. The van der Waals surface area contributed by atoms with E-state index in [2.05, 4.69) is 16.7 Å². The number of benzene rings is 4. The highest BCUT2D eigenvalue weighted by molar-refractivity contribution is 5.92. The zero-order valence-electron chi connectivity index (χ0n) is 22.5. The lowest BCUT2D eigenvalue weighted by molar-refractivity contribution is 0.1000. The van der Waals surface area contributed by atoms with Crippen LogP contribution in [0.1, 0.15) is 27.0 Å². The summed E-state index contributed by atoms with van der Waals surface area (Å²) in [6.45, 7) is 0.386. The second kappa shape index (κ2) is 11.5. The number of ether oxygens (including phenoxy) is 2. The zero-order valence-corrected chi connectivity index (χ0v) is 22.5. The first-order valence-electron chi connectivity index (χ1n) is 12.7. The molecule has 2 N–H and O–H groups in total. The van der Waals surface area contributed by atoms with Crippen molar-refractivity contribution in [3.63, 3.8) is 0 Å².